The lowest BCUT2D eigenvalue weighted by molar-refractivity contribution is 0.197. The highest BCUT2D eigenvalue weighted by Gasteiger charge is 2.24. The van der Waals surface area contributed by atoms with Crippen LogP contribution in [0.1, 0.15) is 36.1 Å². The van der Waals surface area contributed by atoms with E-state index in [0.29, 0.717) is 5.92 Å². The molecule has 0 spiro atoms. The van der Waals surface area contributed by atoms with Crippen molar-refractivity contribution in [2.75, 3.05) is 26.2 Å². The summed E-state index contributed by atoms with van der Waals surface area (Å²) in [6.07, 6.45) is 2.39. The first-order valence-corrected chi connectivity index (χ1v) is 6.07. The van der Waals surface area contributed by atoms with Gasteiger partial charge in [0.1, 0.15) is 5.76 Å². The van der Waals surface area contributed by atoms with E-state index in [2.05, 4.69) is 9.88 Å². The first-order valence-electron chi connectivity index (χ1n) is 6.07. The molecule has 2 rings (SSSR count). The van der Waals surface area contributed by atoms with Crippen LogP contribution in [0.3, 0.4) is 0 Å². The highest BCUT2D eigenvalue weighted by atomic mass is 16.4. The van der Waals surface area contributed by atoms with Crippen LogP contribution < -0.4 is 5.73 Å². The highest BCUT2D eigenvalue weighted by molar-refractivity contribution is 5.08. The third-order valence-corrected chi connectivity index (χ3v) is 3.35. The van der Waals surface area contributed by atoms with Gasteiger partial charge in [-0.2, -0.15) is 0 Å². The number of aromatic nitrogens is 1. The number of aryl methyl sites for hydroxylation is 2. The molecule has 2 N–H and O–H groups in total. The van der Waals surface area contributed by atoms with E-state index < -0.39 is 0 Å². The Hall–Kier alpha value is -0.870. The Kier molecular flexibility index (Phi) is 3.61. The molecule has 2 heterocycles. The zero-order valence-corrected chi connectivity index (χ0v) is 10.2. The fourth-order valence-electron chi connectivity index (χ4n) is 2.31. The van der Waals surface area contributed by atoms with Gasteiger partial charge in [0.2, 0.25) is 0 Å². The van der Waals surface area contributed by atoms with Crippen molar-refractivity contribution in [3.05, 3.63) is 17.3 Å². The zero-order valence-electron chi connectivity index (χ0n) is 10.2. The zero-order chi connectivity index (χ0) is 11.5. The van der Waals surface area contributed by atoms with Crippen LogP contribution in [0, 0.1) is 13.8 Å². The summed E-state index contributed by atoms with van der Waals surface area (Å²) >= 11 is 0. The fourth-order valence-corrected chi connectivity index (χ4v) is 2.31. The van der Waals surface area contributed by atoms with E-state index in [1.165, 1.54) is 12.8 Å². The molecule has 4 nitrogen and oxygen atoms in total. The molecule has 0 bridgehead atoms. The largest absolute Gasteiger partial charge is 0.445 e. The number of likely N-dealkylation sites (tertiary alicyclic amines) is 1. The van der Waals surface area contributed by atoms with Crippen LogP contribution in [0.4, 0.5) is 0 Å². The predicted octanol–water partition coefficient (Wildman–Crippen LogP) is 1.43. The van der Waals surface area contributed by atoms with Gasteiger partial charge >= 0.3 is 0 Å². The molecule has 16 heavy (non-hydrogen) atoms. The summed E-state index contributed by atoms with van der Waals surface area (Å²) in [4.78, 5) is 6.91. The summed E-state index contributed by atoms with van der Waals surface area (Å²) in [6, 6.07) is 0. The molecule has 4 heteroatoms. The molecule has 0 amide bonds. The fraction of sp³-hybridized carbons (Fsp3) is 0.750. The van der Waals surface area contributed by atoms with Crippen LogP contribution in [0.2, 0.25) is 0 Å². The van der Waals surface area contributed by atoms with Gasteiger partial charge in [0.15, 0.2) is 5.89 Å². The number of rotatable bonds is 3. The number of nitrogens with zero attached hydrogens (tertiary/aromatic N) is 2. The maximum Gasteiger partial charge on any atom is 0.199 e. The maximum absolute atomic E-state index is 5.71. The lowest BCUT2D eigenvalue weighted by Gasteiger charge is -2.30. The predicted molar refractivity (Wildman–Crippen MR) is 63.4 cm³/mol. The Balaban J connectivity index is 2.03. The molecule has 0 aliphatic carbocycles. The van der Waals surface area contributed by atoms with Crippen molar-refractivity contribution in [2.24, 2.45) is 5.73 Å². The standard InChI is InChI=1S/C12H21N3O/c1-9-10(2)16-12(14-9)11-4-3-6-15(8-11)7-5-13/h11H,3-8,13H2,1-2H3. The third-order valence-electron chi connectivity index (χ3n) is 3.35. The van der Waals surface area contributed by atoms with Gasteiger partial charge in [-0.3, -0.25) is 0 Å². The highest BCUT2D eigenvalue weighted by Crippen LogP contribution is 2.27. The molecule has 1 saturated heterocycles. The van der Waals surface area contributed by atoms with Crippen LogP contribution in [-0.2, 0) is 0 Å². The number of hydrogen-bond acceptors (Lipinski definition) is 4. The summed E-state index contributed by atoms with van der Waals surface area (Å²) < 4.78 is 5.71. The van der Waals surface area contributed by atoms with Gasteiger partial charge < -0.3 is 15.1 Å². The molecule has 1 aromatic rings. The van der Waals surface area contributed by atoms with Crippen molar-refractivity contribution < 1.29 is 4.42 Å². The minimum Gasteiger partial charge on any atom is -0.445 e. The molecule has 0 radical (unpaired) electrons. The van der Waals surface area contributed by atoms with Gasteiger partial charge in [-0.25, -0.2) is 4.98 Å². The average molecular weight is 223 g/mol. The molecule has 1 fully saturated rings. The minimum atomic E-state index is 0.452. The van der Waals surface area contributed by atoms with Crippen molar-refractivity contribution in [3.8, 4) is 0 Å². The Morgan fingerprint density at radius 1 is 1.50 bits per heavy atom. The van der Waals surface area contributed by atoms with Crippen LogP contribution in [0.15, 0.2) is 4.42 Å². The second-order valence-electron chi connectivity index (χ2n) is 4.62. The Morgan fingerprint density at radius 3 is 2.94 bits per heavy atom. The van der Waals surface area contributed by atoms with E-state index in [4.69, 9.17) is 10.2 Å². The van der Waals surface area contributed by atoms with Crippen LogP contribution in [0.25, 0.3) is 0 Å². The lowest BCUT2D eigenvalue weighted by atomic mass is 9.98. The van der Waals surface area contributed by atoms with E-state index >= 15 is 0 Å². The molecule has 1 atom stereocenters. The van der Waals surface area contributed by atoms with Crippen molar-refractivity contribution in [1.29, 1.82) is 0 Å². The molecule has 1 unspecified atom stereocenters. The topological polar surface area (TPSA) is 55.3 Å². The Labute approximate surface area is 96.8 Å². The first kappa shape index (κ1) is 11.6. The first-order chi connectivity index (χ1) is 7.70. The molecule has 1 aliphatic rings. The monoisotopic (exact) mass is 223 g/mol. The van der Waals surface area contributed by atoms with E-state index in [1.54, 1.807) is 0 Å². The van der Waals surface area contributed by atoms with Crippen molar-refractivity contribution >= 4 is 0 Å². The van der Waals surface area contributed by atoms with Gasteiger partial charge in [-0.05, 0) is 33.2 Å². The summed E-state index contributed by atoms with van der Waals surface area (Å²) in [6.45, 7) is 7.89. The minimum absolute atomic E-state index is 0.452. The van der Waals surface area contributed by atoms with E-state index in [-0.39, 0.29) is 0 Å². The van der Waals surface area contributed by atoms with E-state index in [0.717, 1.165) is 43.5 Å². The van der Waals surface area contributed by atoms with Crippen LogP contribution in [0.5, 0.6) is 0 Å². The molecule has 1 aliphatic heterocycles. The van der Waals surface area contributed by atoms with Crippen molar-refractivity contribution in [3.63, 3.8) is 0 Å². The molecule has 0 saturated carbocycles. The molecular weight excluding hydrogens is 202 g/mol. The molecule has 1 aromatic heterocycles. The van der Waals surface area contributed by atoms with Gasteiger partial charge in [-0.1, -0.05) is 0 Å². The quantitative estimate of drug-likeness (QED) is 0.842. The Bertz CT molecular complexity index is 327. The lowest BCUT2D eigenvalue weighted by Crippen LogP contribution is -2.37. The Morgan fingerprint density at radius 2 is 2.31 bits per heavy atom. The summed E-state index contributed by atoms with van der Waals surface area (Å²) in [7, 11) is 0. The normalized spacial score (nSPS) is 22.6. The van der Waals surface area contributed by atoms with Crippen LogP contribution >= 0.6 is 0 Å². The molecule has 90 valence electrons. The number of oxazole rings is 1. The second kappa shape index (κ2) is 4.97. The second-order valence-corrected chi connectivity index (χ2v) is 4.62. The van der Waals surface area contributed by atoms with Gasteiger partial charge in [0, 0.05) is 25.6 Å². The third kappa shape index (κ3) is 2.44. The summed E-state index contributed by atoms with van der Waals surface area (Å²) in [5, 5.41) is 0. The molecular formula is C12H21N3O. The summed E-state index contributed by atoms with van der Waals surface area (Å²) in [5.41, 5.74) is 6.61. The van der Waals surface area contributed by atoms with E-state index in [1.807, 2.05) is 13.8 Å². The molecule has 0 aromatic carbocycles. The number of hydrogen-bond donors (Lipinski definition) is 1. The summed E-state index contributed by atoms with van der Waals surface area (Å²) in [5.74, 6) is 2.32. The smallest absolute Gasteiger partial charge is 0.199 e. The van der Waals surface area contributed by atoms with Crippen molar-refractivity contribution in [2.45, 2.75) is 32.6 Å². The van der Waals surface area contributed by atoms with Gasteiger partial charge in [0.05, 0.1) is 5.69 Å². The number of piperidine rings is 1. The average Bonchev–Trinajstić information content (AvgIpc) is 2.60. The van der Waals surface area contributed by atoms with Gasteiger partial charge in [0.25, 0.3) is 0 Å². The van der Waals surface area contributed by atoms with Crippen LogP contribution in [-0.4, -0.2) is 36.1 Å². The van der Waals surface area contributed by atoms with E-state index in [9.17, 15) is 0 Å². The van der Waals surface area contributed by atoms with Crippen molar-refractivity contribution in [1.82, 2.24) is 9.88 Å². The SMILES string of the molecule is Cc1nc(C2CCCN(CCN)C2)oc1C. The maximum atomic E-state index is 5.71. The number of nitrogens with two attached hydrogens (primary N) is 1. The van der Waals surface area contributed by atoms with Gasteiger partial charge in [-0.15, -0.1) is 0 Å².